The van der Waals surface area contributed by atoms with E-state index in [0.29, 0.717) is 17.0 Å². The van der Waals surface area contributed by atoms with Crippen molar-refractivity contribution in [3.63, 3.8) is 0 Å². The molecular weight excluding hydrogens is 497 g/mol. The summed E-state index contributed by atoms with van der Waals surface area (Å²) < 4.78 is 16.6. The Morgan fingerprint density at radius 3 is 2.49 bits per heavy atom. The van der Waals surface area contributed by atoms with Crippen LogP contribution < -0.4 is 5.32 Å². The van der Waals surface area contributed by atoms with Gasteiger partial charge in [-0.25, -0.2) is 9.07 Å². The van der Waals surface area contributed by atoms with E-state index < -0.39 is 29.6 Å². The normalized spacial score (nSPS) is 21.0. The lowest BCUT2D eigenvalue weighted by Crippen LogP contribution is -2.50. The zero-order valence-corrected chi connectivity index (χ0v) is 22.8. The maximum atomic E-state index is 15.0. The monoisotopic (exact) mass is 533 g/mol. The van der Waals surface area contributed by atoms with E-state index in [1.54, 1.807) is 23.7 Å². The summed E-state index contributed by atoms with van der Waals surface area (Å²) in [5, 5.41) is 22.0. The Kier molecular flexibility index (Phi) is 7.29. The van der Waals surface area contributed by atoms with Gasteiger partial charge in [-0.3, -0.25) is 9.59 Å². The maximum Gasteiger partial charge on any atom is 0.248 e. The Bertz CT molecular complexity index is 1350. The summed E-state index contributed by atoms with van der Waals surface area (Å²) in [6, 6.07) is 12.2. The molecule has 0 spiro atoms. The van der Waals surface area contributed by atoms with Crippen LogP contribution in [0.5, 0.6) is 0 Å². The number of carbonyl (C=O) groups excluding carboxylic acids is 2. The highest BCUT2D eigenvalue weighted by molar-refractivity contribution is 5.90. The number of carbonyl (C=O) groups is 2. The topological polar surface area (TPSA) is 100 Å². The van der Waals surface area contributed by atoms with Gasteiger partial charge in [-0.1, -0.05) is 68.4 Å². The summed E-state index contributed by atoms with van der Waals surface area (Å²) >= 11 is 0. The van der Waals surface area contributed by atoms with Crippen molar-refractivity contribution >= 4 is 11.8 Å². The van der Waals surface area contributed by atoms with Crippen LogP contribution in [0.1, 0.15) is 76.2 Å². The molecule has 5 rings (SSSR count). The van der Waals surface area contributed by atoms with Gasteiger partial charge >= 0.3 is 0 Å². The first-order valence-corrected chi connectivity index (χ1v) is 13.6. The summed E-state index contributed by atoms with van der Waals surface area (Å²) in [7, 11) is 0. The van der Waals surface area contributed by atoms with Crippen molar-refractivity contribution in [1.29, 1.82) is 0 Å². The van der Waals surface area contributed by atoms with E-state index in [1.807, 2.05) is 57.3 Å². The summed E-state index contributed by atoms with van der Waals surface area (Å²) in [6.07, 6.45) is 3.30. The minimum Gasteiger partial charge on any atom is -0.391 e. The van der Waals surface area contributed by atoms with E-state index >= 15 is 0 Å². The Hall–Kier alpha value is -3.59. The predicted octanol–water partition coefficient (Wildman–Crippen LogP) is 4.39. The number of nitrogens with one attached hydrogen (secondary N) is 1. The lowest BCUT2D eigenvalue weighted by molar-refractivity contribution is -0.144. The Labute approximate surface area is 228 Å². The van der Waals surface area contributed by atoms with Crippen molar-refractivity contribution in [3.05, 3.63) is 71.8 Å². The minimum absolute atomic E-state index is 0.0580. The van der Waals surface area contributed by atoms with Gasteiger partial charge in [0, 0.05) is 30.6 Å². The van der Waals surface area contributed by atoms with Crippen molar-refractivity contribution < 1.29 is 19.1 Å². The lowest BCUT2D eigenvalue weighted by atomic mass is 9.85. The Morgan fingerprint density at radius 2 is 1.85 bits per heavy atom. The molecular formula is C30H36FN5O3. The molecule has 9 heteroatoms. The van der Waals surface area contributed by atoms with E-state index in [9.17, 15) is 19.1 Å². The number of nitrogens with zero attached hydrogens (tertiary/aromatic N) is 4. The van der Waals surface area contributed by atoms with E-state index in [-0.39, 0.29) is 30.6 Å². The molecule has 206 valence electrons. The SMILES string of the molecule is CC(NC(=O)C1CC(O)CN1C(=O)C(n1cc(C2CC2)nn1)C(C)(C)C)c1ccc(-c2ccccc2)c(F)c1. The zero-order chi connectivity index (χ0) is 27.9. The second-order valence-corrected chi connectivity index (χ2v) is 11.9. The number of rotatable bonds is 7. The number of aliphatic hydroxyl groups excluding tert-OH is 1. The molecule has 2 amide bonds. The van der Waals surface area contributed by atoms with Crippen molar-refractivity contribution in [3.8, 4) is 11.1 Å². The molecule has 1 aliphatic heterocycles. The average Bonchev–Trinajstić information content (AvgIpc) is 3.50. The van der Waals surface area contributed by atoms with Crippen molar-refractivity contribution in [2.45, 2.75) is 77.1 Å². The molecule has 2 aliphatic rings. The highest BCUT2D eigenvalue weighted by Crippen LogP contribution is 2.40. The molecule has 1 aliphatic carbocycles. The second-order valence-electron chi connectivity index (χ2n) is 11.9. The molecule has 8 nitrogen and oxygen atoms in total. The Morgan fingerprint density at radius 1 is 1.13 bits per heavy atom. The van der Waals surface area contributed by atoms with Crippen LogP contribution in [0.15, 0.2) is 54.7 Å². The van der Waals surface area contributed by atoms with Gasteiger partial charge in [0.15, 0.2) is 0 Å². The molecule has 2 fully saturated rings. The molecule has 3 aromatic rings. The number of halogens is 1. The smallest absolute Gasteiger partial charge is 0.248 e. The van der Waals surface area contributed by atoms with Crippen LogP contribution in [0.25, 0.3) is 11.1 Å². The van der Waals surface area contributed by atoms with E-state index in [0.717, 1.165) is 24.1 Å². The van der Waals surface area contributed by atoms with Gasteiger partial charge in [-0.15, -0.1) is 5.10 Å². The predicted molar refractivity (Wildman–Crippen MR) is 145 cm³/mol. The van der Waals surface area contributed by atoms with Gasteiger partial charge in [-0.2, -0.15) is 0 Å². The second kappa shape index (κ2) is 10.5. The molecule has 2 N–H and O–H groups in total. The molecule has 39 heavy (non-hydrogen) atoms. The number of aliphatic hydroxyl groups is 1. The van der Waals surface area contributed by atoms with Crippen LogP contribution in [0, 0.1) is 11.2 Å². The average molecular weight is 534 g/mol. The summed E-state index contributed by atoms with van der Waals surface area (Å²) in [5.74, 6) is -0.642. The van der Waals surface area contributed by atoms with Crippen LogP contribution in [0.4, 0.5) is 4.39 Å². The number of hydrogen-bond donors (Lipinski definition) is 2. The first-order valence-electron chi connectivity index (χ1n) is 13.6. The van der Waals surface area contributed by atoms with Crippen LogP contribution in [0.2, 0.25) is 0 Å². The number of amides is 2. The third-order valence-electron chi connectivity index (χ3n) is 7.64. The molecule has 0 radical (unpaired) electrons. The molecule has 2 heterocycles. The van der Waals surface area contributed by atoms with Crippen LogP contribution in [0.3, 0.4) is 0 Å². The van der Waals surface area contributed by atoms with Gasteiger partial charge in [0.1, 0.15) is 17.9 Å². The van der Waals surface area contributed by atoms with Crippen molar-refractivity contribution in [1.82, 2.24) is 25.2 Å². The fourth-order valence-electron chi connectivity index (χ4n) is 5.37. The highest BCUT2D eigenvalue weighted by atomic mass is 19.1. The summed E-state index contributed by atoms with van der Waals surface area (Å²) in [4.78, 5) is 28.8. The minimum atomic E-state index is -0.848. The lowest BCUT2D eigenvalue weighted by Gasteiger charge is -2.34. The van der Waals surface area contributed by atoms with Crippen molar-refractivity contribution in [2.24, 2.45) is 5.41 Å². The standard InChI is InChI=1S/C30H36FN5O3/c1-18(21-12-13-23(24(31)14-21)19-8-6-5-7-9-19)32-28(38)26-15-22(37)16-35(26)29(39)27(30(2,3)4)36-17-25(33-34-36)20-10-11-20/h5-9,12-14,17-18,20,22,26-27,37H,10-11,15-16H2,1-4H3,(H,32,38). The summed E-state index contributed by atoms with van der Waals surface area (Å²) in [5.41, 5.74) is 2.25. The van der Waals surface area contributed by atoms with Crippen LogP contribution in [-0.2, 0) is 9.59 Å². The first kappa shape index (κ1) is 27.0. The third-order valence-corrected chi connectivity index (χ3v) is 7.64. The van der Waals surface area contributed by atoms with Gasteiger partial charge in [0.2, 0.25) is 11.8 Å². The van der Waals surface area contributed by atoms with Gasteiger partial charge < -0.3 is 15.3 Å². The molecule has 1 saturated carbocycles. The molecule has 4 atom stereocenters. The molecule has 2 aromatic carbocycles. The molecule has 0 bridgehead atoms. The zero-order valence-electron chi connectivity index (χ0n) is 22.8. The Balaban J connectivity index is 1.32. The number of β-amino-alcohol motifs (C(OH)–C–C–N with tert-alkyl or cyclic N) is 1. The highest BCUT2D eigenvalue weighted by Gasteiger charge is 2.45. The largest absolute Gasteiger partial charge is 0.391 e. The fraction of sp³-hybridized carbons (Fsp3) is 0.467. The quantitative estimate of drug-likeness (QED) is 0.469. The fourth-order valence-corrected chi connectivity index (χ4v) is 5.37. The van der Waals surface area contributed by atoms with Gasteiger partial charge in [0.25, 0.3) is 0 Å². The third kappa shape index (κ3) is 5.73. The van der Waals surface area contributed by atoms with Crippen LogP contribution >= 0.6 is 0 Å². The number of aromatic nitrogens is 3. The molecule has 1 aromatic heterocycles. The van der Waals surface area contributed by atoms with E-state index in [2.05, 4.69) is 15.6 Å². The summed E-state index contributed by atoms with van der Waals surface area (Å²) in [6.45, 7) is 7.68. The molecule has 4 unspecified atom stereocenters. The molecule has 1 saturated heterocycles. The van der Waals surface area contributed by atoms with Crippen molar-refractivity contribution in [2.75, 3.05) is 6.54 Å². The number of hydrogen-bond acceptors (Lipinski definition) is 5. The van der Waals surface area contributed by atoms with Gasteiger partial charge in [0.05, 0.1) is 17.8 Å². The first-order chi connectivity index (χ1) is 18.5. The van der Waals surface area contributed by atoms with E-state index in [1.165, 1.54) is 11.0 Å². The van der Waals surface area contributed by atoms with E-state index in [4.69, 9.17) is 0 Å². The van der Waals surface area contributed by atoms with Gasteiger partial charge in [-0.05, 0) is 42.4 Å². The maximum absolute atomic E-state index is 15.0. The number of benzene rings is 2. The van der Waals surface area contributed by atoms with Crippen LogP contribution in [-0.4, -0.2) is 55.5 Å². The number of likely N-dealkylation sites (tertiary alicyclic amines) is 1.